The number of rotatable bonds is 7. The van der Waals surface area contributed by atoms with Crippen molar-refractivity contribution in [3.63, 3.8) is 0 Å². The highest BCUT2D eigenvalue weighted by molar-refractivity contribution is 5.95. The quantitative estimate of drug-likeness (QED) is 0.714. The molecule has 2 aliphatic heterocycles. The van der Waals surface area contributed by atoms with E-state index in [-0.39, 0.29) is 11.8 Å². The lowest BCUT2D eigenvalue weighted by atomic mass is 10.0. The lowest BCUT2D eigenvalue weighted by molar-refractivity contribution is -0.119. The van der Waals surface area contributed by atoms with Crippen LogP contribution in [0.3, 0.4) is 0 Å². The normalized spacial score (nSPS) is 19.6. The van der Waals surface area contributed by atoms with E-state index in [4.69, 9.17) is 0 Å². The van der Waals surface area contributed by atoms with Gasteiger partial charge in [0.25, 0.3) is 5.91 Å². The summed E-state index contributed by atoms with van der Waals surface area (Å²) in [7, 11) is 0. The number of hydrogen-bond donors (Lipinski definition) is 1. The maximum absolute atomic E-state index is 12.4. The minimum absolute atomic E-state index is 0.0413. The highest BCUT2D eigenvalue weighted by Gasteiger charge is 2.24. The van der Waals surface area contributed by atoms with Gasteiger partial charge in [-0.05, 0) is 50.4 Å². The van der Waals surface area contributed by atoms with Gasteiger partial charge < -0.3 is 10.2 Å². The van der Waals surface area contributed by atoms with Crippen LogP contribution >= 0.6 is 0 Å². The number of carbonyl (C=O) groups is 2. The molecule has 7 nitrogen and oxygen atoms in total. The lowest BCUT2D eigenvalue weighted by Gasteiger charge is -2.33. The first-order chi connectivity index (χ1) is 14.6. The molecule has 0 saturated carbocycles. The number of carbonyl (C=O) groups excluding carboxylic acids is 2. The van der Waals surface area contributed by atoms with E-state index in [2.05, 4.69) is 22.2 Å². The van der Waals surface area contributed by atoms with E-state index in [0.717, 1.165) is 24.3 Å². The molecule has 0 aliphatic carbocycles. The molecule has 0 bridgehead atoms. The molecule has 0 radical (unpaired) electrons. The number of piperidine rings is 1. The second kappa shape index (κ2) is 9.43. The maximum Gasteiger partial charge on any atom is 0.251 e. The zero-order valence-corrected chi connectivity index (χ0v) is 17.7. The van der Waals surface area contributed by atoms with Gasteiger partial charge in [-0.2, -0.15) is 5.10 Å². The summed E-state index contributed by atoms with van der Waals surface area (Å²) in [5.41, 5.74) is 1.65. The smallest absolute Gasteiger partial charge is 0.251 e. The van der Waals surface area contributed by atoms with Crippen molar-refractivity contribution in [2.45, 2.75) is 58.2 Å². The van der Waals surface area contributed by atoms with Crippen LogP contribution in [0.4, 0.5) is 5.82 Å². The van der Waals surface area contributed by atoms with Crippen molar-refractivity contribution in [3.05, 3.63) is 47.7 Å². The summed E-state index contributed by atoms with van der Waals surface area (Å²) in [4.78, 5) is 29.1. The van der Waals surface area contributed by atoms with Crippen molar-refractivity contribution in [1.29, 1.82) is 0 Å². The van der Waals surface area contributed by atoms with Gasteiger partial charge >= 0.3 is 0 Å². The van der Waals surface area contributed by atoms with Crippen LogP contribution in [-0.4, -0.2) is 52.2 Å². The van der Waals surface area contributed by atoms with Crippen LogP contribution in [0.5, 0.6) is 0 Å². The monoisotopic (exact) mass is 409 g/mol. The molecule has 2 aromatic rings. The second-order valence-corrected chi connectivity index (χ2v) is 8.33. The first kappa shape index (κ1) is 20.6. The molecule has 7 heteroatoms. The standard InChI is InChI=1S/C23H31N5O2/c1-18-5-2-3-14-26(18)15-4-12-24-23(30)20-8-6-19(7-9-20)17-27-21-10-13-25-28(21)16-11-22(27)29/h6-10,13,18H,2-5,11-12,14-17H2,1H3,(H,24,30)/t18-/m1/s1. The number of aryl methyl sites for hydroxylation is 1. The molecule has 1 aromatic carbocycles. The predicted molar refractivity (Wildman–Crippen MR) is 116 cm³/mol. The van der Waals surface area contributed by atoms with Crippen LogP contribution in [0.25, 0.3) is 0 Å². The van der Waals surface area contributed by atoms with Gasteiger partial charge in [-0.1, -0.05) is 18.6 Å². The fourth-order valence-corrected chi connectivity index (χ4v) is 4.38. The van der Waals surface area contributed by atoms with E-state index < -0.39 is 0 Å². The van der Waals surface area contributed by atoms with E-state index in [0.29, 0.717) is 37.7 Å². The molecule has 3 heterocycles. The van der Waals surface area contributed by atoms with Crippen molar-refractivity contribution in [2.24, 2.45) is 0 Å². The molecule has 0 spiro atoms. The highest BCUT2D eigenvalue weighted by Crippen LogP contribution is 2.23. The van der Waals surface area contributed by atoms with Crippen molar-refractivity contribution in [3.8, 4) is 0 Å². The summed E-state index contributed by atoms with van der Waals surface area (Å²) in [6.07, 6.45) is 7.06. The fourth-order valence-electron chi connectivity index (χ4n) is 4.38. The van der Waals surface area contributed by atoms with Gasteiger partial charge in [0.05, 0.1) is 19.3 Å². The molecule has 1 saturated heterocycles. The van der Waals surface area contributed by atoms with E-state index >= 15 is 0 Å². The Morgan fingerprint density at radius 1 is 1.17 bits per heavy atom. The van der Waals surface area contributed by atoms with Crippen LogP contribution < -0.4 is 10.2 Å². The Morgan fingerprint density at radius 3 is 2.80 bits per heavy atom. The summed E-state index contributed by atoms with van der Waals surface area (Å²) in [6.45, 7) is 6.33. The van der Waals surface area contributed by atoms with Crippen molar-refractivity contribution >= 4 is 17.6 Å². The van der Waals surface area contributed by atoms with Crippen molar-refractivity contribution in [1.82, 2.24) is 20.0 Å². The molecule has 30 heavy (non-hydrogen) atoms. The Labute approximate surface area is 178 Å². The molecule has 1 N–H and O–H groups in total. The van der Waals surface area contributed by atoms with Gasteiger partial charge in [-0.25, -0.2) is 4.68 Å². The zero-order chi connectivity index (χ0) is 20.9. The number of amides is 2. The molecule has 2 amide bonds. The Hall–Kier alpha value is -2.67. The SMILES string of the molecule is C[C@@H]1CCCCN1CCCNC(=O)c1ccc(CN2C(=O)CCn3nccc32)cc1. The van der Waals surface area contributed by atoms with Crippen LogP contribution in [-0.2, 0) is 17.9 Å². The summed E-state index contributed by atoms with van der Waals surface area (Å²) in [6, 6.07) is 10.0. The summed E-state index contributed by atoms with van der Waals surface area (Å²) in [5, 5.41) is 7.29. The molecule has 1 atom stereocenters. The average Bonchev–Trinajstić information content (AvgIpc) is 3.24. The van der Waals surface area contributed by atoms with E-state index in [9.17, 15) is 9.59 Å². The number of likely N-dealkylation sites (tertiary alicyclic amines) is 1. The Balaban J connectivity index is 1.26. The van der Waals surface area contributed by atoms with Gasteiger partial charge in [0, 0.05) is 37.2 Å². The van der Waals surface area contributed by atoms with Gasteiger partial charge in [0.2, 0.25) is 5.91 Å². The van der Waals surface area contributed by atoms with E-state index in [1.165, 1.54) is 25.8 Å². The van der Waals surface area contributed by atoms with Gasteiger partial charge in [0.15, 0.2) is 0 Å². The van der Waals surface area contributed by atoms with Gasteiger partial charge in [0.1, 0.15) is 5.82 Å². The topological polar surface area (TPSA) is 70.5 Å². The zero-order valence-electron chi connectivity index (χ0n) is 17.7. The number of nitrogens with one attached hydrogen (secondary N) is 1. The molecular formula is C23H31N5O2. The first-order valence-electron chi connectivity index (χ1n) is 11.1. The number of aromatic nitrogens is 2. The molecule has 2 aliphatic rings. The van der Waals surface area contributed by atoms with Gasteiger partial charge in [-0.15, -0.1) is 0 Å². The largest absolute Gasteiger partial charge is 0.352 e. The summed E-state index contributed by atoms with van der Waals surface area (Å²) >= 11 is 0. The first-order valence-corrected chi connectivity index (χ1v) is 11.1. The average molecular weight is 410 g/mol. The number of benzene rings is 1. The van der Waals surface area contributed by atoms with E-state index in [1.54, 1.807) is 11.1 Å². The van der Waals surface area contributed by atoms with Crippen LogP contribution in [0.2, 0.25) is 0 Å². The number of nitrogens with zero attached hydrogens (tertiary/aromatic N) is 4. The van der Waals surface area contributed by atoms with Crippen molar-refractivity contribution < 1.29 is 9.59 Å². The highest BCUT2D eigenvalue weighted by atomic mass is 16.2. The number of hydrogen-bond acceptors (Lipinski definition) is 4. The summed E-state index contributed by atoms with van der Waals surface area (Å²) in [5.74, 6) is 0.893. The summed E-state index contributed by atoms with van der Waals surface area (Å²) < 4.78 is 1.86. The molecule has 0 unspecified atom stereocenters. The minimum atomic E-state index is -0.0413. The minimum Gasteiger partial charge on any atom is -0.352 e. The molecule has 1 aromatic heterocycles. The number of fused-ring (bicyclic) bond motifs is 1. The van der Waals surface area contributed by atoms with Crippen LogP contribution in [0.1, 0.15) is 54.9 Å². The third kappa shape index (κ3) is 4.73. The van der Waals surface area contributed by atoms with E-state index in [1.807, 2.05) is 35.0 Å². The Morgan fingerprint density at radius 2 is 2.00 bits per heavy atom. The van der Waals surface area contributed by atoms with Crippen molar-refractivity contribution in [2.75, 3.05) is 24.5 Å². The third-order valence-electron chi connectivity index (χ3n) is 6.21. The second-order valence-electron chi connectivity index (χ2n) is 8.33. The third-order valence-corrected chi connectivity index (χ3v) is 6.21. The van der Waals surface area contributed by atoms with Crippen LogP contribution in [0, 0.1) is 0 Å². The molecule has 1 fully saturated rings. The predicted octanol–water partition coefficient (Wildman–Crippen LogP) is 2.81. The Bertz CT molecular complexity index is 876. The van der Waals surface area contributed by atoms with Crippen LogP contribution in [0.15, 0.2) is 36.5 Å². The maximum atomic E-state index is 12.4. The molecule has 160 valence electrons. The molecular weight excluding hydrogens is 378 g/mol. The fraction of sp³-hybridized carbons (Fsp3) is 0.522. The lowest BCUT2D eigenvalue weighted by Crippen LogP contribution is -2.39. The van der Waals surface area contributed by atoms with Gasteiger partial charge in [-0.3, -0.25) is 14.5 Å². The molecule has 4 rings (SSSR count). The number of anilines is 1. The Kier molecular flexibility index (Phi) is 6.47.